The van der Waals surface area contributed by atoms with Crippen LogP contribution in [0.4, 0.5) is 0 Å². The summed E-state index contributed by atoms with van der Waals surface area (Å²) in [6.45, 7) is 2.15. The highest BCUT2D eigenvalue weighted by molar-refractivity contribution is 6.31. The first-order valence-electron chi connectivity index (χ1n) is 5.03. The molecule has 0 aliphatic carbocycles. The lowest BCUT2D eigenvalue weighted by atomic mass is 10.2. The molecule has 1 N–H and O–H groups in total. The molecule has 0 aliphatic heterocycles. The van der Waals surface area contributed by atoms with Gasteiger partial charge in [0.15, 0.2) is 6.29 Å². The molecule has 0 fully saturated rings. The molecule has 2 aromatic rings. The van der Waals surface area contributed by atoms with Crippen molar-refractivity contribution in [1.29, 1.82) is 0 Å². The summed E-state index contributed by atoms with van der Waals surface area (Å²) < 4.78 is 1.84. The number of aldehydes is 1. The van der Waals surface area contributed by atoms with Gasteiger partial charge in [0.2, 0.25) is 0 Å². The minimum atomic E-state index is -0.464. The molecule has 0 radical (unpaired) electrons. The molecule has 0 amide bonds. The van der Waals surface area contributed by atoms with Crippen molar-refractivity contribution in [3.63, 3.8) is 0 Å². The predicted octanol–water partition coefficient (Wildman–Crippen LogP) is 2.49. The third-order valence-electron chi connectivity index (χ3n) is 2.46. The first kappa shape index (κ1) is 11.2. The number of benzene rings is 1. The standard InChI is InChI=1S/C12H12ClNO2/c1-8(16)5-14-6-9(7-15)11-3-2-10(13)4-12(11)14/h2-4,6-8,16H,5H2,1H3. The van der Waals surface area contributed by atoms with Crippen molar-refractivity contribution in [2.45, 2.75) is 19.6 Å². The fourth-order valence-electron chi connectivity index (χ4n) is 1.82. The number of hydrogen-bond acceptors (Lipinski definition) is 2. The van der Waals surface area contributed by atoms with Gasteiger partial charge in [-0.25, -0.2) is 0 Å². The Kier molecular flexibility index (Phi) is 2.99. The van der Waals surface area contributed by atoms with Gasteiger partial charge in [-0.1, -0.05) is 17.7 Å². The first-order chi connectivity index (χ1) is 7.61. The van der Waals surface area contributed by atoms with Gasteiger partial charge in [-0.2, -0.15) is 0 Å². The molecule has 1 aromatic heterocycles. The van der Waals surface area contributed by atoms with E-state index >= 15 is 0 Å². The van der Waals surface area contributed by atoms with Crippen LogP contribution >= 0.6 is 11.6 Å². The second kappa shape index (κ2) is 4.28. The molecule has 16 heavy (non-hydrogen) atoms. The summed E-state index contributed by atoms with van der Waals surface area (Å²) in [6, 6.07) is 5.37. The number of nitrogens with zero attached hydrogens (tertiary/aromatic N) is 1. The van der Waals surface area contributed by atoms with Gasteiger partial charge in [-0.05, 0) is 19.1 Å². The Balaban J connectivity index is 2.64. The van der Waals surface area contributed by atoms with Gasteiger partial charge >= 0.3 is 0 Å². The Morgan fingerprint density at radius 2 is 2.31 bits per heavy atom. The molecule has 1 unspecified atom stereocenters. The maximum absolute atomic E-state index is 10.9. The number of rotatable bonds is 3. The summed E-state index contributed by atoms with van der Waals surface area (Å²) in [5, 5.41) is 10.9. The zero-order chi connectivity index (χ0) is 11.7. The molecule has 2 rings (SSSR count). The van der Waals surface area contributed by atoms with Crippen LogP contribution < -0.4 is 0 Å². The SMILES string of the molecule is CC(O)Cn1cc(C=O)c2ccc(Cl)cc21. The highest BCUT2D eigenvalue weighted by Gasteiger charge is 2.09. The third-order valence-corrected chi connectivity index (χ3v) is 2.70. The highest BCUT2D eigenvalue weighted by Crippen LogP contribution is 2.24. The second-order valence-corrected chi connectivity index (χ2v) is 4.30. The molecule has 4 heteroatoms. The van der Waals surface area contributed by atoms with Gasteiger partial charge in [0, 0.05) is 28.7 Å². The second-order valence-electron chi connectivity index (χ2n) is 3.87. The van der Waals surface area contributed by atoms with Crippen molar-refractivity contribution in [3.8, 4) is 0 Å². The summed E-state index contributed by atoms with van der Waals surface area (Å²) in [7, 11) is 0. The van der Waals surface area contributed by atoms with Crippen molar-refractivity contribution in [2.75, 3.05) is 0 Å². The topological polar surface area (TPSA) is 42.2 Å². The quantitative estimate of drug-likeness (QED) is 0.834. The van der Waals surface area contributed by atoms with Crippen molar-refractivity contribution >= 4 is 28.8 Å². The molecule has 0 saturated heterocycles. The van der Waals surface area contributed by atoms with Gasteiger partial charge in [0.05, 0.1) is 11.6 Å². The predicted molar refractivity (Wildman–Crippen MR) is 64.0 cm³/mol. The molecular formula is C12H12ClNO2. The molecular weight excluding hydrogens is 226 g/mol. The van der Waals surface area contributed by atoms with E-state index in [-0.39, 0.29) is 0 Å². The van der Waals surface area contributed by atoms with Crippen LogP contribution in [-0.2, 0) is 6.54 Å². The van der Waals surface area contributed by atoms with Crippen LogP contribution in [0, 0.1) is 0 Å². The molecule has 3 nitrogen and oxygen atoms in total. The molecule has 84 valence electrons. The van der Waals surface area contributed by atoms with Crippen LogP contribution in [0.5, 0.6) is 0 Å². The summed E-state index contributed by atoms with van der Waals surface area (Å²) in [5.41, 5.74) is 1.49. The lowest BCUT2D eigenvalue weighted by Crippen LogP contribution is -2.10. The summed E-state index contributed by atoms with van der Waals surface area (Å²) in [4.78, 5) is 10.9. The number of halogens is 1. The first-order valence-corrected chi connectivity index (χ1v) is 5.41. The van der Waals surface area contributed by atoms with Gasteiger partial charge in [-0.15, -0.1) is 0 Å². The van der Waals surface area contributed by atoms with Gasteiger partial charge < -0.3 is 9.67 Å². The largest absolute Gasteiger partial charge is 0.392 e. The van der Waals surface area contributed by atoms with E-state index in [2.05, 4.69) is 0 Å². The zero-order valence-corrected chi connectivity index (χ0v) is 9.61. The van der Waals surface area contributed by atoms with Crippen molar-refractivity contribution in [3.05, 3.63) is 35.0 Å². The molecule has 0 bridgehead atoms. The van der Waals surface area contributed by atoms with Crippen molar-refractivity contribution in [1.82, 2.24) is 4.57 Å². The van der Waals surface area contributed by atoms with Gasteiger partial charge in [0.25, 0.3) is 0 Å². The van der Waals surface area contributed by atoms with Crippen LogP contribution in [0.3, 0.4) is 0 Å². The van der Waals surface area contributed by atoms with E-state index in [1.807, 2.05) is 10.6 Å². The van der Waals surface area contributed by atoms with E-state index in [9.17, 15) is 9.90 Å². The van der Waals surface area contributed by atoms with E-state index in [0.29, 0.717) is 17.1 Å². The van der Waals surface area contributed by atoms with E-state index < -0.39 is 6.10 Å². The zero-order valence-electron chi connectivity index (χ0n) is 8.85. The van der Waals surface area contributed by atoms with Crippen LogP contribution in [0.1, 0.15) is 17.3 Å². The number of carbonyl (C=O) groups excluding carboxylic acids is 1. The van der Waals surface area contributed by atoms with E-state index in [0.717, 1.165) is 17.2 Å². The minimum absolute atomic E-state index is 0.449. The maximum atomic E-state index is 10.9. The monoisotopic (exact) mass is 237 g/mol. The van der Waals surface area contributed by atoms with Crippen molar-refractivity contribution in [2.24, 2.45) is 0 Å². The van der Waals surface area contributed by atoms with Gasteiger partial charge in [0.1, 0.15) is 0 Å². The van der Waals surface area contributed by atoms with E-state index in [1.165, 1.54) is 0 Å². The smallest absolute Gasteiger partial charge is 0.152 e. The number of aromatic nitrogens is 1. The summed E-state index contributed by atoms with van der Waals surface area (Å²) in [5.74, 6) is 0. The minimum Gasteiger partial charge on any atom is -0.392 e. The lowest BCUT2D eigenvalue weighted by Gasteiger charge is -2.07. The Labute approximate surface area is 98.3 Å². The maximum Gasteiger partial charge on any atom is 0.152 e. The van der Waals surface area contributed by atoms with Crippen LogP contribution in [0.15, 0.2) is 24.4 Å². The molecule has 1 aromatic carbocycles. The Morgan fingerprint density at radius 3 is 2.94 bits per heavy atom. The lowest BCUT2D eigenvalue weighted by molar-refractivity contribution is 0.112. The Bertz CT molecular complexity index is 531. The normalized spacial score (nSPS) is 12.9. The van der Waals surface area contributed by atoms with Gasteiger partial charge in [-0.3, -0.25) is 4.79 Å². The number of carbonyl (C=O) groups is 1. The average Bonchev–Trinajstić information content (AvgIpc) is 2.55. The molecule has 0 spiro atoms. The fourth-order valence-corrected chi connectivity index (χ4v) is 1.99. The molecule has 1 heterocycles. The molecule has 0 saturated carbocycles. The molecule has 1 atom stereocenters. The highest BCUT2D eigenvalue weighted by atomic mass is 35.5. The average molecular weight is 238 g/mol. The summed E-state index contributed by atoms with van der Waals surface area (Å²) >= 11 is 5.92. The number of hydrogen-bond donors (Lipinski definition) is 1. The van der Waals surface area contributed by atoms with Crippen LogP contribution in [0.25, 0.3) is 10.9 Å². The Morgan fingerprint density at radius 1 is 1.56 bits per heavy atom. The number of aliphatic hydroxyl groups excluding tert-OH is 1. The van der Waals surface area contributed by atoms with Crippen LogP contribution in [0.2, 0.25) is 5.02 Å². The van der Waals surface area contributed by atoms with Crippen molar-refractivity contribution < 1.29 is 9.90 Å². The molecule has 0 aliphatic rings. The number of aliphatic hydroxyl groups is 1. The summed E-state index contributed by atoms with van der Waals surface area (Å²) in [6.07, 6.45) is 2.09. The fraction of sp³-hybridized carbons (Fsp3) is 0.250. The van der Waals surface area contributed by atoms with Crippen LogP contribution in [-0.4, -0.2) is 22.1 Å². The number of fused-ring (bicyclic) bond motifs is 1. The van der Waals surface area contributed by atoms with E-state index in [4.69, 9.17) is 11.6 Å². The van der Waals surface area contributed by atoms with E-state index in [1.54, 1.807) is 25.3 Å². The third kappa shape index (κ3) is 1.96. The Hall–Kier alpha value is -1.32.